The Kier molecular flexibility index (Phi) is 2.56. The smallest absolute Gasteiger partial charge is 0.225 e. The average Bonchev–Trinajstić information content (AvgIpc) is 2.70. The van der Waals surface area contributed by atoms with Gasteiger partial charge in [-0.15, -0.1) is 0 Å². The Morgan fingerprint density at radius 3 is 2.20 bits per heavy atom. The first-order valence-corrected chi connectivity index (χ1v) is 5.65. The Balaban J connectivity index is 2.27. The summed E-state index contributed by atoms with van der Waals surface area (Å²) in [7, 11) is 0. The van der Waals surface area contributed by atoms with Crippen LogP contribution in [-0.2, 0) is 4.79 Å². The van der Waals surface area contributed by atoms with E-state index in [1.54, 1.807) is 0 Å². The van der Waals surface area contributed by atoms with Crippen LogP contribution in [0.1, 0.15) is 25.3 Å². The molecule has 0 unspecified atom stereocenters. The largest absolute Gasteiger partial charge is 0.281 e. The molecule has 1 fully saturated rings. The molecule has 2 rings (SSSR count). The molecule has 0 bridgehead atoms. The number of hydrogen-bond acceptors (Lipinski definition) is 1. The Labute approximate surface area is 99.4 Å². The first kappa shape index (κ1) is 11.0. The van der Waals surface area contributed by atoms with Crippen molar-refractivity contribution in [3.05, 3.63) is 34.9 Å². The molecule has 2 atom stereocenters. The highest BCUT2D eigenvalue weighted by Gasteiger charge is 2.61. The Morgan fingerprint density at radius 2 is 1.80 bits per heavy atom. The van der Waals surface area contributed by atoms with Gasteiger partial charge >= 0.3 is 0 Å². The highest BCUT2D eigenvalue weighted by molar-refractivity contribution is 6.64. The number of carbonyl (C=O) groups excluding carboxylic acids is 1. The first-order valence-electron chi connectivity index (χ1n) is 4.89. The molecule has 0 amide bonds. The highest BCUT2D eigenvalue weighted by Crippen LogP contribution is 2.65. The average molecular weight is 243 g/mol. The summed E-state index contributed by atoms with van der Waals surface area (Å²) in [6.45, 7) is 4.13. The standard InChI is InChI=1S/C12H12Cl2O/c1-12(2)9(10(12)11(14)15)7-3-5-8(13)6-4-7/h3-6,9-10H,1-2H3/t9-,10+/m1/s1. The molecule has 15 heavy (non-hydrogen) atoms. The molecule has 0 heterocycles. The van der Waals surface area contributed by atoms with Crippen LogP contribution in [0.15, 0.2) is 24.3 Å². The van der Waals surface area contributed by atoms with Crippen molar-refractivity contribution in [3.8, 4) is 0 Å². The molecule has 1 nitrogen and oxygen atoms in total. The van der Waals surface area contributed by atoms with Gasteiger partial charge in [0.1, 0.15) is 0 Å². The van der Waals surface area contributed by atoms with Crippen LogP contribution in [0.25, 0.3) is 0 Å². The molecule has 3 heteroatoms. The van der Waals surface area contributed by atoms with Gasteiger partial charge in [0.25, 0.3) is 0 Å². The second-order valence-corrected chi connectivity index (χ2v) is 5.44. The Morgan fingerprint density at radius 1 is 1.27 bits per heavy atom. The van der Waals surface area contributed by atoms with Crippen molar-refractivity contribution < 1.29 is 4.79 Å². The maximum atomic E-state index is 11.2. The van der Waals surface area contributed by atoms with Gasteiger partial charge in [0.15, 0.2) is 0 Å². The van der Waals surface area contributed by atoms with Crippen LogP contribution in [0.5, 0.6) is 0 Å². The van der Waals surface area contributed by atoms with E-state index in [9.17, 15) is 4.79 Å². The fourth-order valence-electron chi connectivity index (χ4n) is 2.35. The number of hydrogen-bond donors (Lipinski definition) is 0. The van der Waals surface area contributed by atoms with E-state index in [-0.39, 0.29) is 22.5 Å². The maximum Gasteiger partial charge on any atom is 0.225 e. The first-order chi connectivity index (χ1) is 6.94. The Hall–Kier alpha value is -0.530. The molecule has 0 spiro atoms. The fourth-order valence-corrected chi connectivity index (χ4v) is 2.89. The van der Waals surface area contributed by atoms with Crippen molar-refractivity contribution in [1.29, 1.82) is 0 Å². The minimum absolute atomic E-state index is 0.0212. The van der Waals surface area contributed by atoms with Crippen molar-refractivity contribution in [2.24, 2.45) is 11.3 Å². The van der Waals surface area contributed by atoms with Crippen molar-refractivity contribution in [2.45, 2.75) is 19.8 Å². The van der Waals surface area contributed by atoms with Crippen LogP contribution < -0.4 is 0 Å². The minimum atomic E-state index is -0.236. The van der Waals surface area contributed by atoms with E-state index < -0.39 is 0 Å². The molecular weight excluding hydrogens is 231 g/mol. The monoisotopic (exact) mass is 242 g/mol. The lowest BCUT2D eigenvalue weighted by atomic mass is 10.0. The predicted molar refractivity (Wildman–Crippen MR) is 62.3 cm³/mol. The van der Waals surface area contributed by atoms with Crippen molar-refractivity contribution in [1.82, 2.24) is 0 Å². The summed E-state index contributed by atoms with van der Waals surface area (Å²) >= 11 is 11.4. The topological polar surface area (TPSA) is 17.1 Å². The van der Waals surface area contributed by atoms with Gasteiger partial charge < -0.3 is 0 Å². The molecule has 0 radical (unpaired) electrons. The third kappa shape index (κ3) is 1.79. The van der Waals surface area contributed by atoms with Gasteiger partial charge in [-0.05, 0) is 34.7 Å². The maximum absolute atomic E-state index is 11.2. The van der Waals surface area contributed by atoms with E-state index in [1.807, 2.05) is 24.3 Å². The van der Waals surface area contributed by atoms with Crippen molar-refractivity contribution in [2.75, 3.05) is 0 Å². The molecule has 1 saturated carbocycles. The van der Waals surface area contributed by atoms with Gasteiger partial charge in [-0.3, -0.25) is 4.79 Å². The van der Waals surface area contributed by atoms with E-state index in [1.165, 1.54) is 0 Å². The van der Waals surface area contributed by atoms with Gasteiger partial charge in [0.05, 0.1) is 0 Å². The number of benzene rings is 1. The molecule has 80 valence electrons. The summed E-state index contributed by atoms with van der Waals surface area (Å²) in [5.74, 6) is 0.181. The van der Waals surface area contributed by atoms with E-state index >= 15 is 0 Å². The lowest BCUT2D eigenvalue weighted by Crippen LogP contribution is -1.96. The summed E-state index contributed by atoms with van der Waals surface area (Å²) in [5.41, 5.74) is 1.12. The van der Waals surface area contributed by atoms with Crippen LogP contribution in [0.2, 0.25) is 5.02 Å². The lowest BCUT2D eigenvalue weighted by Gasteiger charge is -2.02. The second kappa shape index (κ2) is 3.50. The van der Waals surface area contributed by atoms with Crippen LogP contribution in [0.3, 0.4) is 0 Å². The highest BCUT2D eigenvalue weighted by atomic mass is 35.5. The zero-order valence-electron chi connectivity index (χ0n) is 8.63. The van der Waals surface area contributed by atoms with Gasteiger partial charge in [-0.25, -0.2) is 0 Å². The summed E-state index contributed by atoms with van der Waals surface area (Å²) < 4.78 is 0. The van der Waals surface area contributed by atoms with Gasteiger partial charge in [-0.1, -0.05) is 37.6 Å². The summed E-state index contributed by atoms with van der Waals surface area (Å²) in [5, 5.41) is 0.478. The third-order valence-corrected chi connectivity index (χ3v) is 3.79. The number of halogens is 2. The summed E-state index contributed by atoms with van der Waals surface area (Å²) in [4.78, 5) is 11.2. The van der Waals surface area contributed by atoms with Crippen LogP contribution >= 0.6 is 23.2 Å². The molecule has 0 N–H and O–H groups in total. The van der Waals surface area contributed by atoms with Crippen LogP contribution in [-0.4, -0.2) is 5.24 Å². The molecule has 1 aliphatic carbocycles. The molecule has 1 aromatic rings. The molecule has 0 aliphatic heterocycles. The number of carbonyl (C=O) groups is 1. The fraction of sp³-hybridized carbons (Fsp3) is 0.417. The minimum Gasteiger partial charge on any atom is -0.281 e. The van der Waals surface area contributed by atoms with E-state index in [0.717, 1.165) is 5.56 Å². The normalized spacial score (nSPS) is 27.5. The second-order valence-electron chi connectivity index (χ2n) is 4.63. The predicted octanol–water partition coefficient (Wildman–Crippen LogP) is 3.85. The lowest BCUT2D eigenvalue weighted by molar-refractivity contribution is -0.113. The summed E-state index contributed by atoms with van der Waals surface area (Å²) in [6.07, 6.45) is 0. The Bertz CT molecular complexity index is 395. The molecule has 0 saturated heterocycles. The zero-order chi connectivity index (χ0) is 11.2. The van der Waals surface area contributed by atoms with Crippen LogP contribution in [0, 0.1) is 11.3 Å². The third-order valence-electron chi connectivity index (χ3n) is 3.30. The number of rotatable bonds is 2. The zero-order valence-corrected chi connectivity index (χ0v) is 10.1. The SMILES string of the molecule is CC1(C)[C@H](C(=O)Cl)[C@H]1c1ccc(Cl)cc1. The molecular formula is C12H12Cl2O. The van der Waals surface area contributed by atoms with Gasteiger partial charge in [0, 0.05) is 16.9 Å². The molecule has 1 aromatic carbocycles. The van der Waals surface area contributed by atoms with E-state index in [0.29, 0.717) is 5.02 Å². The quantitative estimate of drug-likeness (QED) is 0.721. The van der Waals surface area contributed by atoms with Crippen LogP contribution in [0.4, 0.5) is 0 Å². The van der Waals surface area contributed by atoms with Crippen molar-refractivity contribution >= 4 is 28.4 Å². The van der Waals surface area contributed by atoms with Gasteiger partial charge in [-0.2, -0.15) is 0 Å². The van der Waals surface area contributed by atoms with E-state index in [2.05, 4.69) is 13.8 Å². The van der Waals surface area contributed by atoms with E-state index in [4.69, 9.17) is 23.2 Å². The summed E-state index contributed by atoms with van der Waals surface area (Å²) in [6, 6.07) is 7.63. The van der Waals surface area contributed by atoms with Gasteiger partial charge in [0.2, 0.25) is 5.24 Å². The van der Waals surface area contributed by atoms with Crippen molar-refractivity contribution in [3.63, 3.8) is 0 Å². The molecule has 0 aromatic heterocycles. The molecule has 1 aliphatic rings.